The lowest BCUT2D eigenvalue weighted by molar-refractivity contribution is -0.126. The highest BCUT2D eigenvalue weighted by atomic mass is 16.2. The first-order valence-corrected chi connectivity index (χ1v) is 8.60. The maximum Gasteiger partial charge on any atom is 0.272 e. The standard InChI is InChI=1S/C20H22N4O/c1-15-6-5-9-18(17-7-3-2-4-8-17)23-19(15)20(25)24-11-10-16(13-24)12-22-14-21/h2-5,7-9,16,22H,6,10-13H2,1H3/t16-/m1/s1. The fraction of sp³-hybridized carbons (Fsp3) is 0.350. The van der Waals surface area contributed by atoms with Gasteiger partial charge >= 0.3 is 0 Å². The number of hydrogen-bond donors (Lipinski definition) is 1. The van der Waals surface area contributed by atoms with E-state index < -0.39 is 0 Å². The molecule has 0 aliphatic carbocycles. The van der Waals surface area contributed by atoms with Crippen LogP contribution in [0, 0.1) is 17.4 Å². The Morgan fingerprint density at radius 3 is 2.96 bits per heavy atom. The van der Waals surface area contributed by atoms with E-state index in [2.05, 4.69) is 11.4 Å². The maximum absolute atomic E-state index is 13.0. The quantitative estimate of drug-likeness (QED) is 0.680. The van der Waals surface area contributed by atoms with Crippen molar-refractivity contribution in [2.24, 2.45) is 10.9 Å². The summed E-state index contributed by atoms with van der Waals surface area (Å²) >= 11 is 0. The second-order valence-electron chi connectivity index (χ2n) is 6.50. The van der Waals surface area contributed by atoms with Gasteiger partial charge in [0.15, 0.2) is 6.19 Å². The molecule has 1 saturated heterocycles. The Morgan fingerprint density at radius 1 is 1.40 bits per heavy atom. The van der Waals surface area contributed by atoms with Crippen LogP contribution in [0.4, 0.5) is 0 Å². The molecule has 5 heteroatoms. The summed E-state index contributed by atoms with van der Waals surface area (Å²) in [5.74, 6) is 0.320. The van der Waals surface area contributed by atoms with Crippen LogP contribution in [0.1, 0.15) is 25.3 Å². The molecule has 2 heterocycles. The molecule has 1 atom stereocenters. The molecule has 2 aliphatic rings. The summed E-state index contributed by atoms with van der Waals surface area (Å²) in [5, 5.41) is 11.3. The van der Waals surface area contributed by atoms with Crippen LogP contribution in [0.5, 0.6) is 0 Å². The highest BCUT2D eigenvalue weighted by Crippen LogP contribution is 2.23. The molecule has 128 valence electrons. The fourth-order valence-corrected chi connectivity index (χ4v) is 3.22. The molecule has 1 amide bonds. The highest BCUT2D eigenvalue weighted by molar-refractivity contribution is 6.11. The summed E-state index contributed by atoms with van der Waals surface area (Å²) in [7, 11) is 0. The Labute approximate surface area is 148 Å². The van der Waals surface area contributed by atoms with Crippen LogP contribution >= 0.6 is 0 Å². The summed E-state index contributed by atoms with van der Waals surface area (Å²) in [4.78, 5) is 19.6. The Bertz CT molecular complexity index is 771. The zero-order valence-electron chi connectivity index (χ0n) is 14.4. The summed E-state index contributed by atoms with van der Waals surface area (Å²) in [5.41, 5.74) is 3.38. The molecule has 3 rings (SSSR count). The number of carbonyl (C=O) groups excluding carboxylic acids is 1. The van der Waals surface area contributed by atoms with Crippen molar-refractivity contribution in [1.82, 2.24) is 10.2 Å². The van der Waals surface area contributed by atoms with Gasteiger partial charge in [0.05, 0.1) is 5.71 Å². The minimum Gasteiger partial charge on any atom is -0.337 e. The first-order valence-electron chi connectivity index (χ1n) is 8.60. The van der Waals surface area contributed by atoms with Gasteiger partial charge in [0.1, 0.15) is 5.70 Å². The molecule has 1 fully saturated rings. The number of benzene rings is 1. The zero-order chi connectivity index (χ0) is 17.6. The number of allylic oxidation sites excluding steroid dienone is 3. The summed E-state index contributed by atoms with van der Waals surface area (Å²) in [6.45, 7) is 3.99. The third kappa shape index (κ3) is 3.97. The number of aliphatic imine (C=N–C) groups is 1. The van der Waals surface area contributed by atoms with E-state index in [4.69, 9.17) is 10.3 Å². The molecule has 0 saturated carbocycles. The predicted molar refractivity (Wildman–Crippen MR) is 97.7 cm³/mol. The zero-order valence-corrected chi connectivity index (χ0v) is 14.4. The highest BCUT2D eigenvalue weighted by Gasteiger charge is 2.29. The monoisotopic (exact) mass is 334 g/mol. The Balaban J connectivity index is 1.80. The first kappa shape index (κ1) is 17.0. The van der Waals surface area contributed by atoms with Gasteiger partial charge in [-0.2, -0.15) is 5.26 Å². The number of amides is 1. The predicted octanol–water partition coefficient (Wildman–Crippen LogP) is 2.63. The van der Waals surface area contributed by atoms with Crippen molar-refractivity contribution in [3.8, 4) is 6.19 Å². The lowest BCUT2D eigenvalue weighted by Crippen LogP contribution is -2.31. The number of rotatable bonds is 4. The van der Waals surface area contributed by atoms with Gasteiger partial charge in [0.2, 0.25) is 0 Å². The summed E-state index contributed by atoms with van der Waals surface area (Å²) < 4.78 is 0. The van der Waals surface area contributed by atoms with Crippen molar-refractivity contribution < 1.29 is 4.79 Å². The Hall–Kier alpha value is -2.87. The van der Waals surface area contributed by atoms with Crippen molar-refractivity contribution >= 4 is 11.6 Å². The number of nitrogens with one attached hydrogen (secondary N) is 1. The normalized spacial score (nSPS) is 20.1. The van der Waals surface area contributed by atoms with E-state index in [9.17, 15) is 4.79 Å². The van der Waals surface area contributed by atoms with Gasteiger partial charge in [-0.25, -0.2) is 4.99 Å². The molecular formula is C20H22N4O. The number of likely N-dealkylation sites (tertiary alicyclic amines) is 1. The largest absolute Gasteiger partial charge is 0.337 e. The first-order chi connectivity index (χ1) is 12.2. The van der Waals surface area contributed by atoms with Crippen molar-refractivity contribution in [1.29, 1.82) is 5.26 Å². The van der Waals surface area contributed by atoms with Crippen LogP contribution in [-0.2, 0) is 4.79 Å². The van der Waals surface area contributed by atoms with E-state index in [0.29, 0.717) is 24.7 Å². The van der Waals surface area contributed by atoms with Gasteiger partial charge in [0.25, 0.3) is 5.91 Å². The lowest BCUT2D eigenvalue weighted by atomic mass is 10.1. The van der Waals surface area contributed by atoms with Gasteiger partial charge in [-0.1, -0.05) is 36.4 Å². The van der Waals surface area contributed by atoms with Crippen LogP contribution in [0.2, 0.25) is 0 Å². The fourth-order valence-electron chi connectivity index (χ4n) is 3.22. The molecule has 0 spiro atoms. The average Bonchev–Trinajstić information content (AvgIpc) is 3.03. The minimum atomic E-state index is -0.00547. The molecule has 1 aromatic carbocycles. The van der Waals surface area contributed by atoms with E-state index in [1.165, 1.54) is 0 Å². The molecule has 0 unspecified atom stereocenters. The molecule has 1 N–H and O–H groups in total. The number of carbonyl (C=O) groups is 1. The van der Waals surface area contributed by atoms with Crippen LogP contribution < -0.4 is 5.32 Å². The molecule has 1 aromatic rings. The topological polar surface area (TPSA) is 68.5 Å². The third-order valence-electron chi connectivity index (χ3n) is 4.65. The summed E-state index contributed by atoms with van der Waals surface area (Å²) in [6.07, 6.45) is 7.65. The van der Waals surface area contributed by atoms with Crippen molar-refractivity contribution in [2.75, 3.05) is 19.6 Å². The van der Waals surface area contributed by atoms with E-state index in [-0.39, 0.29) is 5.91 Å². The lowest BCUT2D eigenvalue weighted by Gasteiger charge is -2.18. The minimum absolute atomic E-state index is 0.00547. The van der Waals surface area contributed by atoms with E-state index in [0.717, 1.165) is 36.2 Å². The van der Waals surface area contributed by atoms with Crippen LogP contribution in [0.15, 0.2) is 58.7 Å². The number of nitriles is 1. The summed E-state index contributed by atoms with van der Waals surface area (Å²) in [6, 6.07) is 9.93. The third-order valence-corrected chi connectivity index (χ3v) is 4.65. The average molecular weight is 334 g/mol. The number of nitrogens with zero attached hydrogens (tertiary/aromatic N) is 3. The maximum atomic E-state index is 13.0. The van der Waals surface area contributed by atoms with Gasteiger partial charge in [-0.05, 0) is 37.3 Å². The molecule has 0 radical (unpaired) electrons. The van der Waals surface area contributed by atoms with Crippen molar-refractivity contribution in [3.63, 3.8) is 0 Å². The SMILES string of the molecule is CC1=C(C(=O)N2CC[C@H](CNC#N)C2)N=C(c2ccccc2)C=CC1. The number of hydrogen-bond acceptors (Lipinski definition) is 4. The van der Waals surface area contributed by atoms with E-state index >= 15 is 0 Å². The Morgan fingerprint density at radius 2 is 2.20 bits per heavy atom. The van der Waals surface area contributed by atoms with Crippen molar-refractivity contribution in [3.05, 3.63) is 59.3 Å². The van der Waals surface area contributed by atoms with Crippen LogP contribution in [0.3, 0.4) is 0 Å². The van der Waals surface area contributed by atoms with E-state index in [1.54, 1.807) is 0 Å². The van der Waals surface area contributed by atoms with Gasteiger partial charge < -0.3 is 10.2 Å². The van der Waals surface area contributed by atoms with Crippen molar-refractivity contribution in [2.45, 2.75) is 19.8 Å². The molecule has 25 heavy (non-hydrogen) atoms. The smallest absolute Gasteiger partial charge is 0.272 e. The second-order valence-corrected chi connectivity index (χ2v) is 6.50. The van der Waals surface area contributed by atoms with Gasteiger partial charge in [-0.3, -0.25) is 4.79 Å². The second kappa shape index (κ2) is 7.80. The van der Waals surface area contributed by atoms with Gasteiger partial charge in [-0.15, -0.1) is 0 Å². The molecule has 5 nitrogen and oxygen atoms in total. The molecule has 2 aliphatic heterocycles. The molecule has 0 bridgehead atoms. The van der Waals surface area contributed by atoms with Gasteiger partial charge in [0, 0.05) is 25.2 Å². The molecular weight excluding hydrogens is 312 g/mol. The Kier molecular flexibility index (Phi) is 5.30. The van der Waals surface area contributed by atoms with E-state index in [1.807, 2.05) is 54.4 Å². The van der Waals surface area contributed by atoms with Crippen LogP contribution in [-0.4, -0.2) is 36.2 Å². The molecule has 0 aromatic heterocycles. The van der Waals surface area contributed by atoms with Crippen LogP contribution in [0.25, 0.3) is 0 Å².